The SMILES string of the molecule is O=C1C=CC2C(Cl)=CC(Cl)=CC2=N1. The smallest absolute Gasteiger partial charge is 0.267 e. The molecule has 13 heavy (non-hydrogen) atoms. The Morgan fingerprint density at radius 1 is 1.31 bits per heavy atom. The lowest BCUT2D eigenvalue weighted by Gasteiger charge is -2.18. The number of nitrogens with zero attached hydrogens (tertiary/aromatic N) is 1. The van der Waals surface area contributed by atoms with Gasteiger partial charge in [-0.2, -0.15) is 0 Å². The van der Waals surface area contributed by atoms with Crippen molar-refractivity contribution in [3.8, 4) is 0 Å². The maximum absolute atomic E-state index is 10.9. The summed E-state index contributed by atoms with van der Waals surface area (Å²) in [6.45, 7) is 0. The highest BCUT2D eigenvalue weighted by molar-refractivity contribution is 6.39. The number of aliphatic imine (C=N–C) groups is 1. The number of fused-ring (bicyclic) bond motifs is 1. The number of hydrogen-bond donors (Lipinski definition) is 0. The zero-order valence-corrected chi connectivity index (χ0v) is 8.01. The van der Waals surface area contributed by atoms with Crippen molar-refractivity contribution in [3.63, 3.8) is 0 Å². The van der Waals surface area contributed by atoms with Crippen molar-refractivity contribution in [1.82, 2.24) is 0 Å². The monoisotopic (exact) mass is 213 g/mol. The molecular formula is C9H5Cl2NO. The van der Waals surface area contributed by atoms with E-state index in [1.165, 1.54) is 6.08 Å². The first kappa shape index (κ1) is 8.73. The summed E-state index contributed by atoms with van der Waals surface area (Å²) in [6, 6.07) is 0. The molecule has 0 bridgehead atoms. The second-order valence-electron chi connectivity index (χ2n) is 2.77. The third-order valence-electron chi connectivity index (χ3n) is 1.85. The molecule has 0 aromatic heterocycles. The summed E-state index contributed by atoms with van der Waals surface area (Å²) < 4.78 is 0. The van der Waals surface area contributed by atoms with Gasteiger partial charge in [0.25, 0.3) is 5.91 Å². The van der Waals surface area contributed by atoms with Gasteiger partial charge in [0.1, 0.15) is 0 Å². The van der Waals surface area contributed by atoms with Gasteiger partial charge < -0.3 is 0 Å². The van der Waals surface area contributed by atoms with E-state index in [4.69, 9.17) is 23.2 Å². The minimum atomic E-state index is -0.265. The number of amides is 1. The van der Waals surface area contributed by atoms with Gasteiger partial charge in [-0.05, 0) is 12.2 Å². The Hall–Kier alpha value is -0.860. The molecule has 1 amide bonds. The molecule has 1 aliphatic carbocycles. The van der Waals surface area contributed by atoms with E-state index in [1.54, 1.807) is 18.2 Å². The Bertz CT molecular complexity index is 390. The summed E-state index contributed by atoms with van der Waals surface area (Å²) in [6.07, 6.45) is 6.45. The quantitative estimate of drug-likeness (QED) is 0.608. The molecule has 1 aliphatic heterocycles. The maximum Gasteiger partial charge on any atom is 0.269 e. The molecule has 2 nitrogen and oxygen atoms in total. The van der Waals surface area contributed by atoms with Crippen LogP contribution in [-0.2, 0) is 4.79 Å². The average Bonchev–Trinajstić information content (AvgIpc) is 2.02. The van der Waals surface area contributed by atoms with Crippen molar-refractivity contribution < 1.29 is 4.79 Å². The summed E-state index contributed by atoms with van der Waals surface area (Å²) in [4.78, 5) is 14.7. The number of carbonyl (C=O) groups is 1. The normalized spacial score (nSPS) is 26.2. The molecule has 0 fully saturated rings. The third-order valence-corrected chi connectivity index (χ3v) is 2.41. The fraction of sp³-hybridized carbons (Fsp3) is 0.111. The predicted octanol–water partition coefficient (Wildman–Crippen LogP) is 2.40. The Morgan fingerprint density at radius 2 is 2.08 bits per heavy atom. The van der Waals surface area contributed by atoms with Crippen LogP contribution in [0.1, 0.15) is 0 Å². The first-order valence-electron chi connectivity index (χ1n) is 3.72. The third kappa shape index (κ3) is 1.60. The zero-order chi connectivity index (χ0) is 9.42. The van der Waals surface area contributed by atoms with Crippen LogP contribution in [0.4, 0.5) is 0 Å². The molecule has 1 heterocycles. The standard InChI is InChI=1S/C9H5Cl2NO/c10-5-3-7(11)6-1-2-9(13)12-8(6)4-5/h1-4,6H. The zero-order valence-electron chi connectivity index (χ0n) is 6.50. The number of hydrogen-bond acceptors (Lipinski definition) is 1. The Morgan fingerprint density at radius 3 is 2.85 bits per heavy atom. The second-order valence-corrected chi connectivity index (χ2v) is 3.64. The van der Waals surface area contributed by atoms with Crippen molar-refractivity contribution in [3.05, 3.63) is 34.4 Å². The summed E-state index contributed by atoms with van der Waals surface area (Å²) in [7, 11) is 0. The highest BCUT2D eigenvalue weighted by Crippen LogP contribution is 2.29. The van der Waals surface area contributed by atoms with Gasteiger partial charge in [0.15, 0.2) is 0 Å². The molecular weight excluding hydrogens is 209 g/mol. The fourth-order valence-corrected chi connectivity index (χ4v) is 1.86. The van der Waals surface area contributed by atoms with E-state index in [-0.39, 0.29) is 11.8 Å². The minimum Gasteiger partial charge on any atom is -0.267 e. The van der Waals surface area contributed by atoms with E-state index >= 15 is 0 Å². The van der Waals surface area contributed by atoms with Gasteiger partial charge in [-0.15, -0.1) is 0 Å². The summed E-state index contributed by atoms with van der Waals surface area (Å²) >= 11 is 11.7. The van der Waals surface area contributed by atoms with Gasteiger partial charge >= 0.3 is 0 Å². The molecule has 0 aromatic rings. The Balaban J connectivity index is 2.46. The Kier molecular flexibility index (Phi) is 2.10. The van der Waals surface area contributed by atoms with Gasteiger partial charge in [-0.1, -0.05) is 29.3 Å². The molecule has 1 atom stereocenters. The summed E-state index contributed by atoms with van der Waals surface area (Å²) in [5.74, 6) is -0.361. The van der Waals surface area contributed by atoms with Crippen LogP contribution in [-0.4, -0.2) is 11.6 Å². The van der Waals surface area contributed by atoms with E-state index in [1.807, 2.05) is 0 Å². The first-order chi connectivity index (χ1) is 6.16. The van der Waals surface area contributed by atoms with Crippen LogP contribution in [0.15, 0.2) is 39.4 Å². The molecule has 0 radical (unpaired) electrons. The Labute approximate surface area is 85.2 Å². The largest absolute Gasteiger partial charge is 0.269 e. The van der Waals surface area contributed by atoms with Crippen LogP contribution in [0.5, 0.6) is 0 Å². The first-order valence-corrected chi connectivity index (χ1v) is 4.47. The van der Waals surface area contributed by atoms with Crippen LogP contribution in [0.25, 0.3) is 0 Å². The van der Waals surface area contributed by atoms with Crippen LogP contribution >= 0.6 is 23.2 Å². The number of carbonyl (C=O) groups excluding carboxylic acids is 1. The number of allylic oxidation sites excluding steroid dienone is 5. The lowest BCUT2D eigenvalue weighted by atomic mass is 9.95. The van der Waals surface area contributed by atoms with Crippen molar-refractivity contribution in [2.75, 3.05) is 0 Å². The topological polar surface area (TPSA) is 29.4 Å². The van der Waals surface area contributed by atoms with Crippen molar-refractivity contribution in [2.45, 2.75) is 0 Å². The second kappa shape index (κ2) is 3.13. The highest BCUT2D eigenvalue weighted by atomic mass is 35.5. The van der Waals surface area contributed by atoms with Crippen molar-refractivity contribution in [2.24, 2.45) is 10.9 Å². The van der Waals surface area contributed by atoms with E-state index in [0.717, 1.165) is 0 Å². The molecule has 0 aromatic carbocycles. The maximum atomic E-state index is 10.9. The van der Waals surface area contributed by atoms with Gasteiger partial charge in [-0.3, -0.25) is 4.79 Å². The molecule has 2 rings (SSSR count). The van der Waals surface area contributed by atoms with Gasteiger partial charge in [0.2, 0.25) is 0 Å². The molecule has 0 N–H and O–H groups in total. The molecule has 1 unspecified atom stereocenters. The molecule has 0 saturated heterocycles. The minimum absolute atomic E-state index is 0.0955. The van der Waals surface area contributed by atoms with Gasteiger partial charge in [0.05, 0.1) is 11.6 Å². The predicted molar refractivity (Wildman–Crippen MR) is 52.9 cm³/mol. The molecule has 0 spiro atoms. The molecule has 2 aliphatic rings. The van der Waals surface area contributed by atoms with Crippen molar-refractivity contribution >= 4 is 34.8 Å². The van der Waals surface area contributed by atoms with Gasteiger partial charge in [-0.25, -0.2) is 4.99 Å². The van der Waals surface area contributed by atoms with E-state index in [0.29, 0.717) is 15.8 Å². The van der Waals surface area contributed by atoms with Crippen LogP contribution in [0.3, 0.4) is 0 Å². The number of rotatable bonds is 0. The lowest BCUT2D eigenvalue weighted by Crippen LogP contribution is -2.18. The van der Waals surface area contributed by atoms with Crippen molar-refractivity contribution in [1.29, 1.82) is 0 Å². The molecule has 4 heteroatoms. The fourth-order valence-electron chi connectivity index (χ4n) is 1.27. The van der Waals surface area contributed by atoms with E-state index < -0.39 is 0 Å². The van der Waals surface area contributed by atoms with E-state index in [9.17, 15) is 4.79 Å². The number of dihydropyridines is 1. The van der Waals surface area contributed by atoms with Crippen LogP contribution in [0, 0.1) is 5.92 Å². The van der Waals surface area contributed by atoms with Gasteiger partial charge in [0, 0.05) is 16.1 Å². The highest BCUT2D eigenvalue weighted by Gasteiger charge is 2.23. The average molecular weight is 214 g/mol. The molecule has 66 valence electrons. The summed E-state index contributed by atoms with van der Waals surface area (Å²) in [5, 5.41) is 1.10. The van der Waals surface area contributed by atoms with Crippen LogP contribution in [0.2, 0.25) is 0 Å². The summed E-state index contributed by atoms with van der Waals surface area (Å²) in [5.41, 5.74) is 0.616. The number of halogens is 2. The van der Waals surface area contributed by atoms with Crippen LogP contribution < -0.4 is 0 Å². The van der Waals surface area contributed by atoms with E-state index in [2.05, 4.69) is 4.99 Å². The molecule has 0 saturated carbocycles. The lowest BCUT2D eigenvalue weighted by molar-refractivity contribution is -0.113.